The van der Waals surface area contributed by atoms with Crippen LogP contribution >= 0.6 is 15.9 Å². The number of carbonyl (C=O) groups excluding carboxylic acids is 1. The zero-order valence-electron chi connectivity index (χ0n) is 10.3. The minimum absolute atomic E-state index is 0.396. The van der Waals surface area contributed by atoms with Crippen LogP contribution in [0.15, 0.2) is 22.9 Å². The molecule has 0 radical (unpaired) electrons. The Balaban J connectivity index is 3.33. The number of methoxy groups -OCH3 is 1. The van der Waals surface area contributed by atoms with E-state index in [1.807, 2.05) is 27.1 Å². The van der Waals surface area contributed by atoms with Gasteiger partial charge in [0.15, 0.2) is 0 Å². The summed E-state index contributed by atoms with van der Waals surface area (Å²) in [5.41, 5.74) is 1.97. The van der Waals surface area contributed by atoms with Crippen LogP contribution in [0.1, 0.15) is 11.3 Å². The third-order valence-electron chi connectivity index (χ3n) is 2.19. The van der Waals surface area contributed by atoms with Crippen molar-refractivity contribution >= 4 is 27.5 Å². The summed E-state index contributed by atoms with van der Waals surface area (Å²) in [6.07, 6.45) is 3.35. The van der Waals surface area contributed by atoms with E-state index in [1.165, 1.54) is 7.11 Å². The summed E-state index contributed by atoms with van der Waals surface area (Å²) < 4.78 is 5.69. The van der Waals surface area contributed by atoms with Gasteiger partial charge >= 0.3 is 5.97 Å². The Hall–Kier alpha value is -1.36. The number of pyridine rings is 1. The molecule has 0 amide bonds. The number of rotatable bonds is 3. The molecule has 0 fully saturated rings. The summed E-state index contributed by atoms with van der Waals surface area (Å²) in [6, 6.07) is 1.84. The van der Waals surface area contributed by atoms with Gasteiger partial charge in [0.25, 0.3) is 0 Å². The minimum atomic E-state index is -0.396. The van der Waals surface area contributed by atoms with Crippen molar-refractivity contribution in [2.75, 3.05) is 21.2 Å². The first-order chi connectivity index (χ1) is 7.97. The monoisotopic (exact) mass is 298 g/mol. The third kappa shape index (κ3) is 3.30. The normalized spacial score (nSPS) is 11.2. The minimum Gasteiger partial charge on any atom is -0.465 e. The van der Waals surface area contributed by atoms with Crippen LogP contribution in [0.5, 0.6) is 0 Å². The summed E-state index contributed by atoms with van der Waals surface area (Å²) >= 11 is 3.42. The van der Waals surface area contributed by atoms with E-state index in [1.54, 1.807) is 17.3 Å². The highest BCUT2D eigenvalue weighted by Crippen LogP contribution is 2.24. The lowest BCUT2D eigenvalue weighted by Gasteiger charge is -2.12. The number of esters is 1. The van der Waals surface area contributed by atoms with Crippen molar-refractivity contribution in [2.45, 2.75) is 6.92 Å². The van der Waals surface area contributed by atoms with Gasteiger partial charge in [-0.1, -0.05) is 15.9 Å². The van der Waals surface area contributed by atoms with Gasteiger partial charge in [-0.25, -0.2) is 4.79 Å². The Morgan fingerprint density at radius 3 is 2.71 bits per heavy atom. The van der Waals surface area contributed by atoms with Crippen molar-refractivity contribution in [3.63, 3.8) is 0 Å². The van der Waals surface area contributed by atoms with E-state index in [2.05, 4.69) is 20.9 Å². The maximum Gasteiger partial charge on any atom is 0.341 e. The second kappa shape index (κ2) is 5.82. The molecular formula is C12H15BrN2O2. The molecule has 0 aliphatic carbocycles. The fraction of sp³-hybridized carbons (Fsp3) is 0.333. The van der Waals surface area contributed by atoms with Crippen LogP contribution in [0.4, 0.5) is 0 Å². The fourth-order valence-electron chi connectivity index (χ4n) is 1.36. The molecule has 1 aromatic heterocycles. The number of carbonyl (C=O) groups is 1. The van der Waals surface area contributed by atoms with Gasteiger partial charge in [-0.15, -0.1) is 0 Å². The van der Waals surface area contributed by atoms with Gasteiger partial charge in [0.05, 0.1) is 12.8 Å². The van der Waals surface area contributed by atoms with E-state index in [-0.39, 0.29) is 0 Å². The van der Waals surface area contributed by atoms with E-state index in [4.69, 9.17) is 4.74 Å². The molecule has 0 spiro atoms. The fourth-order valence-corrected chi connectivity index (χ4v) is 1.67. The van der Waals surface area contributed by atoms with Crippen molar-refractivity contribution in [1.29, 1.82) is 0 Å². The molecule has 0 aliphatic heterocycles. The van der Waals surface area contributed by atoms with Crippen LogP contribution in [-0.4, -0.2) is 37.1 Å². The Morgan fingerprint density at radius 1 is 1.53 bits per heavy atom. The van der Waals surface area contributed by atoms with Crippen molar-refractivity contribution in [3.05, 3.63) is 34.2 Å². The first-order valence-electron chi connectivity index (χ1n) is 5.05. The van der Waals surface area contributed by atoms with E-state index in [0.717, 1.165) is 10.0 Å². The van der Waals surface area contributed by atoms with Gasteiger partial charge in [-0.3, -0.25) is 4.98 Å². The van der Waals surface area contributed by atoms with Crippen LogP contribution in [0.2, 0.25) is 0 Å². The van der Waals surface area contributed by atoms with Crippen molar-refractivity contribution in [1.82, 2.24) is 9.88 Å². The van der Waals surface area contributed by atoms with E-state index >= 15 is 0 Å². The Kier molecular flexibility index (Phi) is 4.69. The zero-order chi connectivity index (χ0) is 13.0. The molecule has 0 aliphatic rings. The van der Waals surface area contributed by atoms with Gasteiger partial charge in [-0.05, 0) is 18.6 Å². The Bertz CT molecular complexity index is 456. The standard InChI is InChI=1S/C12H15BrN2O2/c1-8-10(13)5-6-14-11(8)9(7-15(2)3)12(16)17-4/h5-7H,1-4H3/b9-7-. The average molecular weight is 299 g/mol. The van der Waals surface area contributed by atoms with Gasteiger partial charge in [0, 0.05) is 31.0 Å². The summed E-state index contributed by atoms with van der Waals surface area (Å²) in [7, 11) is 5.05. The molecule has 1 heterocycles. The van der Waals surface area contributed by atoms with E-state index in [0.29, 0.717) is 11.3 Å². The maximum atomic E-state index is 11.7. The smallest absolute Gasteiger partial charge is 0.341 e. The largest absolute Gasteiger partial charge is 0.465 e. The summed E-state index contributed by atoms with van der Waals surface area (Å²) in [4.78, 5) is 17.8. The molecule has 1 rings (SSSR count). The van der Waals surface area contributed by atoms with Gasteiger partial charge < -0.3 is 9.64 Å². The Labute approximate surface area is 109 Å². The predicted molar refractivity (Wildman–Crippen MR) is 70.4 cm³/mol. The first kappa shape index (κ1) is 13.7. The summed E-state index contributed by atoms with van der Waals surface area (Å²) in [5, 5.41) is 0. The lowest BCUT2D eigenvalue weighted by molar-refractivity contribution is -0.133. The van der Waals surface area contributed by atoms with E-state index in [9.17, 15) is 4.79 Å². The van der Waals surface area contributed by atoms with Crippen molar-refractivity contribution in [3.8, 4) is 0 Å². The molecule has 0 saturated carbocycles. The Morgan fingerprint density at radius 2 is 2.18 bits per heavy atom. The second-order valence-electron chi connectivity index (χ2n) is 3.76. The molecule has 0 aromatic carbocycles. The number of nitrogens with zero attached hydrogens (tertiary/aromatic N) is 2. The van der Waals surface area contributed by atoms with Crippen LogP contribution in [0, 0.1) is 6.92 Å². The van der Waals surface area contributed by atoms with Gasteiger partial charge in [0.1, 0.15) is 5.57 Å². The number of hydrogen-bond acceptors (Lipinski definition) is 4. The maximum absolute atomic E-state index is 11.7. The van der Waals surface area contributed by atoms with Gasteiger partial charge in [0.2, 0.25) is 0 Å². The molecule has 0 bridgehead atoms. The quantitative estimate of drug-likeness (QED) is 0.634. The zero-order valence-corrected chi connectivity index (χ0v) is 11.9. The predicted octanol–water partition coefficient (Wildman–Crippen LogP) is 2.23. The number of hydrogen-bond donors (Lipinski definition) is 0. The van der Waals surface area contributed by atoms with Crippen LogP contribution in [0.3, 0.4) is 0 Å². The SMILES string of the molecule is COC(=O)/C(=C\N(C)C)c1nccc(Br)c1C. The lowest BCUT2D eigenvalue weighted by atomic mass is 10.1. The molecule has 5 heteroatoms. The summed E-state index contributed by atoms with van der Waals surface area (Å²) in [5.74, 6) is -0.396. The number of ether oxygens (including phenoxy) is 1. The molecule has 0 saturated heterocycles. The molecule has 92 valence electrons. The average Bonchev–Trinajstić information content (AvgIpc) is 2.29. The topological polar surface area (TPSA) is 42.4 Å². The molecule has 17 heavy (non-hydrogen) atoms. The van der Waals surface area contributed by atoms with Crippen LogP contribution in [0.25, 0.3) is 5.57 Å². The highest BCUT2D eigenvalue weighted by Gasteiger charge is 2.17. The summed E-state index contributed by atoms with van der Waals surface area (Å²) in [6.45, 7) is 1.90. The van der Waals surface area contributed by atoms with Crippen molar-refractivity contribution in [2.24, 2.45) is 0 Å². The van der Waals surface area contributed by atoms with Crippen LogP contribution < -0.4 is 0 Å². The highest BCUT2D eigenvalue weighted by molar-refractivity contribution is 9.10. The lowest BCUT2D eigenvalue weighted by Crippen LogP contribution is -2.12. The third-order valence-corrected chi connectivity index (χ3v) is 3.04. The van der Waals surface area contributed by atoms with Gasteiger partial charge in [-0.2, -0.15) is 0 Å². The first-order valence-corrected chi connectivity index (χ1v) is 5.84. The molecule has 4 nitrogen and oxygen atoms in total. The highest BCUT2D eigenvalue weighted by atomic mass is 79.9. The molecule has 0 atom stereocenters. The molecule has 1 aromatic rings. The second-order valence-corrected chi connectivity index (χ2v) is 4.62. The molecule has 0 unspecified atom stereocenters. The number of aromatic nitrogens is 1. The number of halogens is 1. The van der Waals surface area contributed by atoms with Crippen LogP contribution in [-0.2, 0) is 9.53 Å². The van der Waals surface area contributed by atoms with E-state index < -0.39 is 5.97 Å². The molecular weight excluding hydrogens is 284 g/mol. The molecule has 0 N–H and O–H groups in total. The van der Waals surface area contributed by atoms with Crippen molar-refractivity contribution < 1.29 is 9.53 Å².